The van der Waals surface area contributed by atoms with Gasteiger partial charge in [-0.25, -0.2) is 0 Å². The number of nitrogens with two attached hydrogens (primary N) is 1. The van der Waals surface area contributed by atoms with Crippen LogP contribution in [0.25, 0.3) is 0 Å². The first-order chi connectivity index (χ1) is 14.5. The summed E-state index contributed by atoms with van der Waals surface area (Å²) >= 11 is 0. The van der Waals surface area contributed by atoms with Crippen LogP contribution in [0, 0.1) is 0 Å². The number of hydrogen-bond acceptors (Lipinski definition) is 7. The van der Waals surface area contributed by atoms with Crippen LogP contribution < -0.4 is 5.73 Å². The average Bonchev–Trinajstić information content (AvgIpc) is 3.25. The lowest BCUT2D eigenvalue weighted by Gasteiger charge is -2.28. The van der Waals surface area contributed by atoms with Crippen molar-refractivity contribution in [3.8, 4) is 0 Å². The molecule has 0 saturated carbocycles. The lowest BCUT2D eigenvalue weighted by molar-refractivity contribution is 0.0503. The van der Waals surface area contributed by atoms with Gasteiger partial charge in [0.2, 0.25) is 0 Å². The quantitative estimate of drug-likeness (QED) is 0.620. The topological polar surface area (TPSA) is 51.5 Å². The number of hydrogen-bond donors (Lipinski definition) is 1. The van der Waals surface area contributed by atoms with Gasteiger partial charge >= 0.3 is 0 Å². The van der Waals surface area contributed by atoms with Gasteiger partial charge in [-0.05, 0) is 94.1 Å². The van der Waals surface area contributed by atoms with E-state index in [0.717, 1.165) is 26.3 Å². The van der Waals surface area contributed by atoms with Crippen molar-refractivity contribution < 1.29 is 4.74 Å². The molecule has 4 aliphatic rings. The van der Waals surface area contributed by atoms with Crippen LogP contribution in [0.3, 0.4) is 0 Å². The second-order valence-electron chi connectivity index (χ2n) is 8.90. The van der Waals surface area contributed by atoms with Gasteiger partial charge in [0.05, 0.1) is 13.2 Å². The number of ether oxygens (including phenoxy) is 1. The summed E-state index contributed by atoms with van der Waals surface area (Å²) in [5.41, 5.74) is 4.50. The Kier molecular flexibility index (Phi) is 20.4. The molecule has 4 rings (SSSR count). The molecule has 0 amide bonds. The van der Waals surface area contributed by atoms with E-state index >= 15 is 0 Å². The molecule has 2 N–H and O–H groups in total. The molecule has 4 fully saturated rings. The molecule has 0 aliphatic carbocycles. The van der Waals surface area contributed by atoms with Crippen LogP contribution in [0.4, 0.5) is 0 Å². The van der Waals surface area contributed by atoms with E-state index in [1.165, 1.54) is 91.5 Å². The van der Waals surface area contributed by atoms with E-state index in [1.807, 2.05) is 0 Å². The van der Waals surface area contributed by atoms with E-state index in [0.29, 0.717) is 0 Å². The van der Waals surface area contributed by atoms with Gasteiger partial charge in [0.15, 0.2) is 0 Å². The fraction of sp³-hybridized carbons (Fsp3) is 1.00. The zero-order chi connectivity index (χ0) is 22.6. The third kappa shape index (κ3) is 18.5. The van der Waals surface area contributed by atoms with Crippen molar-refractivity contribution >= 4 is 0 Å². The minimum Gasteiger partial charge on any atom is -0.379 e. The third-order valence-corrected chi connectivity index (χ3v) is 5.87. The summed E-state index contributed by atoms with van der Waals surface area (Å²) in [4.78, 5) is 11.7. The monoisotopic (exact) mass is 430 g/mol. The van der Waals surface area contributed by atoms with Gasteiger partial charge in [-0.2, -0.15) is 0 Å². The van der Waals surface area contributed by atoms with Crippen molar-refractivity contribution in [1.82, 2.24) is 24.5 Å². The second kappa shape index (κ2) is 20.6. The van der Waals surface area contributed by atoms with Crippen LogP contribution in [0.15, 0.2) is 0 Å². The summed E-state index contributed by atoms with van der Waals surface area (Å²) in [7, 11) is 12.3. The SMILES string of the molecule is CN.CN1CCCC1.CN1CCCCC1.CN1CCN(C)CC1.CN1CCOCC1. The number of likely N-dealkylation sites (N-methyl/N-ethyl adjacent to an activating group) is 3. The molecule has 0 spiro atoms. The lowest BCUT2D eigenvalue weighted by atomic mass is 10.1. The standard InChI is InChI=1S/C6H14N2.C6H13N.C5H11NO.C5H11N.CH5N/c1-7-3-5-8(2)6-4-7;1-7-5-3-2-4-6-7;1-6-2-4-7-5-3-6;1-6-4-2-3-5-6;1-2/h3-6H2,1-2H3;2-6H2,1H3;2-5H2,1H3;2-5H2,1H3;2H2,1H3. The van der Waals surface area contributed by atoms with Crippen LogP contribution in [0.5, 0.6) is 0 Å². The number of piperazine rings is 1. The van der Waals surface area contributed by atoms with Crippen LogP contribution in [0.1, 0.15) is 32.1 Å². The zero-order valence-electron chi connectivity index (χ0n) is 21.2. The van der Waals surface area contributed by atoms with E-state index in [1.54, 1.807) is 0 Å². The Hall–Kier alpha value is -0.280. The highest BCUT2D eigenvalue weighted by Gasteiger charge is 2.08. The van der Waals surface area contributed by atoms with E-state index in [4.69, 9.17) is 4.74 Å². The highest BCUT2D eigenvalue weighted by Crippen LogP contribution is 2.04. The van der Waals surface area contributed by atoms with Crippen LogP contribution in [0.2, 0.25) is 0 Å². The minimum absolute atomic E-state index is 0.913. The molecule has 0 aromatic carbocycles. The normalized spacial score (nSPS) is 24.1. The molecule has 7 heteroatoms. The molecule has 0 aromatic heterocycles. The molecule has 0 atom stereocenters. The fourth-order valence-corrected chi connectivity index (χ4v) is 3.49. The number of rotatable bonds is 0. The van der Waals surface area contributed by atoms with E-state index in [9.17, 15) is 0 Å². The molecule has 0 radical (unpaired) electrons. The van der Waals surface area contributed by atoms with Gasteiger partial charge < -0.3 is 35.0 Å². The van der Waals surface area contributed by atoms with E-state index < -0.39 is 0 Å². The highest BCUT2D eigenvalue weighted by atomic mass is 16.5. The molecule has 0 bridgehead atoms. The first kappa shape index (κ1) is 29.7. The summed E-state index contributed by atoms with van der Waals surface area (Å²) in [6.07, 6.45) is 7.10. The minimum atomic E-state index is 0.913. The molecule has 182 valence electrons. The van der Waals surface area contributed by atoms with Crippen molar-refractivity contribution in [3.05, 3.63) is 0 Å². The zero-order valence-corrected chi connectivity index (χ0v) is 21.2. The predicted molar refractivity (Wildman–Crippen MR) is 132 cm³/mol. The van der Waals surface area contributed by atoms with Crippen molar-refractivity contribution in [2.24, 2.45) is 5.73 Å². The molecular formula is C23H54N6O. The summed E-state index contributed by atoms with van der Waals surface area (Å²) in [5.74, 6) is 0. The lowest BCUT2D eigenvalue weighted by Crippen LogP contribution is -2.42. The Labute approximate surface area is 188 Å². The Morgan fingerprint density at radius 2 is 0.667 bits per heavy atom. The second-order valence-corrected chi connectivity index (χ2v) is 8.90. The first-order valence-corrected chi connectivity index (χ1v) is 12.1. The van der Waals surface area contributed by atoms with Gasteiger partial charge in [-0.3, -0.25) is 0 Å². The predicted octanol–water partition coefficient (Wildman–Crippen LogP) is 1.20. The summed E-state index contributed by atoms with van der Waals surface area (Å²) in [5, 5.41) is 0. The number of nitrogens with zero attached hydrogens (tertiary/aromatic N) is 5. The van der Waals surface area contributed by atoms with Gasteiger partial charge in [0.25, 0.3) is 0 Å². The molecule has 4 saturated heterocycles. The van der Waals surface area contributed by atoms with Crippen LogP contribution in [-0.2, 0) is 4.74 Å². The molecule has 30 heavy (non-hydrogen) atoms. The van der Waals surface area contributed by atoms with E-state index in [-0.39, 0.29) is 0 Å². The van der Waals surface area contributed by atoms with Crippen molar-refractivity contribution in [2.45, 2.75) is 32.1 Å². The van der Waals surface area contributed by atoms with Crippen molar-refractivity contribution in [1.29, 1.82) is 0 Å². The molecule has 0 unspecified atom stereocenters. The summed E-state index contributed by atoms with van der Waals surface area (Å²) < 4.78 is 5.10. The van der Waals surface area contributed by atoms with Crippen molar-refractivity contribution in [3.63, 3.8) is 0 Å². The van der Waals surface area contributed by atoms with Gasteiger partial charge in [0, 0.05) is 39.3 Å². The number of morpholine rings is 1. The molecule has 4 heterocycles. The largest absolute Gasteiger partial charge is 0.379 e. The Balaban J connectivity index is 0.000000365. The van der Waals surface area contributed by atoms with Crippen LogP contribution >= 0.6 is 0 Å². The smallest absolute Gasteiger partial charge is 0.0594 e. The Bertz CT molecular complexity index is 309. The van der Waals surface area contributed by atoms with Gasteiger partial charge in [-0.15, -0.1) is 0 Å². The maximum atomic E-state index is 5.10. The molecule has 4 aliphatic heterocycles. The summed E-state index contributed by atoms with van der Waals surface area (Å²) in [6.45, 7) is 14.2. The maximum absolute atomic E-state index is 5.10. The van der Waals surface area contributed by atoms with Crippen molar-refractivity contribution in [2.75, 3.05) is 121 Å². The number of likely N-dealkylation sites (tertiary alicyclic amines) is 2. The highest BCUT2D eigenvalue weighted by molar-refractivity contribution is 4.64. The van der Waals surface area contributed by atoms with Gasteiger partial charge in [0.1, 0.15) is 0 Å². The van der Waals surface area contributed by atoms with E-state index in [2.05, 4.69) is 65.5 Å². The molecule has 7 nitrogen and oxygen atoms in total. The van der Waals surface area contributed by atoms with Gasteiger partial charge in [-0.1, -0.05) is 6.42 Å². The number of piperidine rings is 1. The Morgan fingerprint density at radius 1 is 0.400 bits per heavy atom. The fourth-order valence-electron chi connectivity index (χ4n) is 3.49. The molecule has 0 aromatic rings. The Morgan fingerprint density at radius 3 is 0.867 bits per heavy atom. The first-order valence-electron chi connectivity index (χ1n) is 12.1. The molecular weight excluding hydrogens is 376 g/mol. The average molecular weight is 431 g/mol. The maximum Gasteiger partial charge on any atom is 0.0594 e. The third-order valence-electron chi connectivity index (χ3n) is 5.87. The van der Waals surface area contributed by atoms with Crippen LogP contribution in [-0.4, -0.2) is 145 Å². The summed E-state index contributed by atoms with van der Waals surface area (Å²) in [6, 6.07) is 0.